The van der Waals surface area contributed by atoms with Gasteiger partial charge in [0, 0.05) is 12.1 Å². The van der Waals surface area contributed by atoms with E-state index in [1.807, 2.05) is 18.2 Å². The van der Waals surface area contributed by atoms with E-state index in [1.165, 1.54) is 51.4 Å². The molecule has 0 aromatic heterocycles. The summed E-state index contributed by atoms with van der Waals surface area (Å²) < 4.78 is 12.0. The third-order valence-electron chi connectivity index (χ3n) is 6.05. The molecule has 0 bridgehead atoms. The number of aliphatic hydroxyl groups excluding tert-OH is 1. The number of unbranched alkanes of at least 4 members (excludes halogenated alkanes) is 9. The van der Waals surface area contributed by atoms with E-state index in [2.05, 4.69) is 39.9 Å². The van der Waals surface area contributed by atoms with Crippen molar-refractivity contribution in [2.45, 2.75) is 123 Å². The highest BCUT2D eigenvalue weighted by Crippen LogP contribution is 2.35. The maximum atomic E-state index is 12.9. The summed E-state index contributed by atoms with van der Waals surface area (Å²) in [5.41, 5.74) is 0.828. The van der Waals surface area contributed by atoms with Crippen LogP contribution in [0.1, 0.15) is 117 Å². The van der Waals surface area contributed by atoms with Crippen LogP contribution < -0.4 is 14.8 Å². The summed E-state index contributed by atoms with van der Waals surface area (Å²) in [4.78, 5) is 12.9. The van der Waals surface area contributed by atoms with Gasteiger partial charge in [0.05, 0.1) is 6.61 Å². The van der Waals surface area contributed by atoms with Gasteiger partial charge in [0.2, 0.25) is 0 Å². The fraction of sp³-hybridized carbons (Fsp3) is 0.759. The summed E-state index contributed by atoms with van der Waals surface area (Å²) >= 11 is 0. The van der Waals surface area contributed by atoms with E-state index in [1.54, 1.807) is 0 Å². The van der Waals surface area contributed by atoms with Crippen molar-refractivity contribution in [2.75, 3.05) is 19.8 Å². The Kier molecular flexibility index (Phi) is 15.7. The van der Waals surface area contributed by atoms with Crippen LogP contribution in [0.5, 0.6) is 11.5 Å². The van der Waals surface area contributed by atoms with Crippen molar-refractivity contribution in [3.05, 3.63) is 23.8 Å². The van der Waals surface area contributed by atoms with Crippen LogP contribution in [-0.4, -0.2) is 36.9 Å². The molecular weight excluding hydrogens is 426 g/mol. The third-order valence-corrected chi connectivity index (χ3v) is 6.05. The molecule has 0 saturated carbocycles. The predicted octanol–water partition coefficient (Wildman–Crippen LogP) is 6.94. The first-order valence-electron chi connectivity index (χ1n) is 13.7. The quantitative estimate of drug-likeness (QED) is 0.212. The minimum Gasteiger partial charge on any atom is -0.491 e. The second kappa shape index (κ2) is 17.7. The first-order valence-corrected chi connectivity index (χ1v) is 13.7. The molecule has 0 fully saturated rings. The van der Waals surface area contributed by atoms with Crippen LogP contribution in [-0.2, 0) is 10.2 Å². The minimum absolute atomic E-state index is 0.0262. The molecule has 1 unspecified atom stereocenters. The molecule has 5 nitrogen and oxygen atoms in total. The summed E-state index contributed by atoms with van der Waals surface area (Å²) in [7, 11) is 0. The van der Waals surface area contributed by atoms with Gasteiger partial charge in [0.1, 0.15) is 18.1 Å². The molecule has 1 amide bonds. The fourth-order valence-electron chi connectivity index (χ4n) is 4.03. The topological polar surface area (TPSA) is 67.8 Å². The fourth-order valence-corrected chi connectivity index (χ4v) is 4.03. The number of hydrogen-bond acceptors (Lipinski definition) is 4. The normalized spacial score (nSPS) is 12.4. The Labute approximate surface area is 209 Å². The van der Waals surface area contributed by atoms with E-state index >= 15 is 0 Å². The lowest BCUT2D eigenvalue weighted by molar-refractivity contribution is -0.128. The van der Waals surface area contributed by atoms with Crippen molar-refractivity contribution >= 4 is 5.91 Å². The van der Waals surface area contributed by atoms with Gasteiger partial charge in [-0.05, 0) is 42.9 Å². The van der Waals surface area contributed by atoms with E-state index in [0.29, 0.717) is 12.3 Å². The molecule has 2 N–H and O–H groups in total. The van der Waals surface area contributed by atoms with Gasteiger partial charge in [0.15, 0.2) is 6.10 Å². The maximum Gasteiger partial charge on any atom is 0.261 e. The van der Waals surface area contributed by atoms with Crippen LogP contribution in [0.3, 0.4) is 0 Å². The van der Waals surface area contributed by atoms with Crippen LogP contribution in [0, 0.1) is 0 Å². The molecule has 34 heavy (non-hydrogen) atoms. The third kappa shape index (κ3) is 12.6. The van der Waals surface area contributed by atoms with Crippen molar-refractivity contribution in [1.29, 1.82) is 0 Å². The van der Waals surface area contributed by atoms with Crippen LogP contribution in [0.4, 0.5) is 0 Å². The van der Waals surface area contributed by atoms with E-state index in [0.717, 1.165) is 37.0 Å². The monoisotopic (exact) mass is 477 g/mol. The molecule has 0 saturated heterocycles. The van der Waals surface area contributed by atoms with Crippen molar-refractivity contribution < 1.29 is 19.4 Å². The number of nitrogens with one attached hydrogen (secondary N) is 1. The van der Waals surface area contributed by atoms with Crippen LogP contribution in [0.25, 0.3) is 0 Å². The Morgan fingerprint density at radius 1 is 0.941 bits per heavy atom. The summed E-state index contributed by atoms with van der Waals surface area (Å²) in [6, 6.07) is 5.71. The Balaban J connectivity index is 2.70. The van der Waals surface area contributed by atoms with Gasteiger partial charge < -0.3 is 19.9 Å². The van der Waals surface area contributed by atoms with Crippen LogP contribution >= 0.6 is 0 Å². The number of aliphatic hydroxyl groups is 1. The van der Waals surface area contributed by atoms with Crippen molar-refractivity contribution in [1.82, 2.24) is 5.32 Å². The zero-order valence-corrected chi connectivity index (χ0v) is 22.6. The van der Waals surface area contributed by atoms with Gasteiger partial charge >= 0.3 is 0 Å². The molecule has 1 atom stereocenters. The number of rotatable bonds is 19. The smallest absolute Gasteiger partial charge is 0.261 e. The lowest BCUT2D eigenvalue weighted by Crippen LogP contribution is -2.39. The van der Waals surface area contributed by atoms with Crippen molar-refractivity contribution in [3.8, 4) is 11.5 Å². The molecule has 0 aliphatic heterocycles. The molecule has 196 valence electrons. The second-order valence-electron chi connectivity index (χ2n) is 10.3. The maximum absolute atomic E-state index is 12.9. The Morgan fingerprint density at radius 2 is 1.56 bits per heavy atom. The SMILES string of the molecule is CCCCCCCCCCCCC(Oc1ccc(OCCO)cc1C(C)(C)C)C(=O)NCCC. The summed E-state index contributed by atoms with van der Waals surface area (Å²) in [6.07, 6.45) is 13.8. The molecule has 5 heteroatoms. The number of carbonyl (C=O) groups is 1. The summed E-state index contributed by atoms with van der Waals surface area (Å²) in [5.74, 6) is 1.40. The van der Waals surface area contributed by atoms with Crippen molar-refractivity contribution in [3.63, 3.8) is 0 Å². The highest BCUT2D eigenvalue weighted by molar-refractivity contribution is 5.81. The molecule has 0 radical (unpaired) electrons. The molecule has 1 rings (SSSR count). The molecule has 1 aromatic carbocycles. The molecular formula is C29H51NO4. The van der Waals surface area contributed by atoms with Gasteiger partial charge in [-0.1, -0.05) is 92.4 Å². The average molecular weight is 478 g/mol. The standard InChI is InChI=1S/C29H51NO4/c1-6-8-9-10-11-12-13-14-15-16-17-27(28(32)30-20-7-2)34-26-19-18-24(33-22-21-31)23-25(26)29(3,4)5/h18-19,23,27,31H,6-17,20-22H2,1-5H3,(H,30,32). The van der Waals surface area contributed by atoms with E-state index in [-0.39, 0.29) is 24.5 Å². The summed E-state index contributed by atoms with van der Waals surface area (Å²) in [6.45, 7) is 11.6. The number of amides is 1. The molecule has 0 aliphatic rings. The number of ether oxygens (including phenoxy) is 2. The number of hydrogen-bond donors (Lipinski definition) is 2. The lowest BCUT2D eigenvalue weighted by Gasteiger charge is -2.26. The first kappa shape index (κ1) is 30.3. The first-order chi connectivity index (χ1) is 16.3. The van der Waals surface area contributed by atoms with E-state index in [4.69, 9.17) is 14.6 Å². The highest BCUT2D eigenvalue weighted by Gasteiger charge is 2.25. The van der Waals surface area contributed by atoms with Gasteiger partial charge in [-0.3, -0.25) is 4.79 Å². The summed E-state index contributed by atoms with van der Waals surface area (Å²) in [5, 5.41) is 12.1. The van der Waals surface area contributed by atoms with E-state index in [9.17, 15) is 4.79 Å². The molecule has 0 aliphatic carbocycles. The second-order valence-corrected chi connectivity index (χ2v) is 10.3. The number of benzene rings is 1. The lowest BCUT2D eigenvalue weighted by atomic mass is 9.86. The molecule has 1 aromatic rings. The zero-order chi connectivity index (χ0) is 25.2. The largest absolute Gasteiger partial charge is 0.491 e. The molecule has 0 heterocycles. The van der Waals surface area contributed by atoms with Crippen molar-refractivity contribution in [2.24, 2.45) is 0 Å². The van der Waals surface area contributed by atoms with Gasteiger partial charge in [-0.2, -0.15) is 0 Å². The van der Waals surface area contributed by atoms with Gasteiger partial charge in [-0.15, -0.1) is 0 Å². The minimum atomic E-state index is -0.495. The Bertz CT molecular complexity index is 669. The van der Waals surface area contributed by atoms with Crippen LogP contribution in [0.15, 0.2) is 18.2 Å². The Morgan fingerprint density at radius 3 is 2.12 bits per heavy atom. The molecule has 0 spiro atoms. The van der Waals surface area contributed by atoms with Crippen LogP contribution in [0.2, 0.25) is 0 Å². The Hall–Kier alpha value is -1.75. The number of carbonyl (C=O) groups excluding carboxylic acids is 1. The predicted molar refractivity (Wildman–Crippen MR) is 142 cm³/mol. The van der Waals surface area contributed by atoms with E-state index < -0.39 is 6.10 Å². The average Bonchev–Trinajstić information content (AvgIpc) is 2.81. The van der Waals surface area contributed by atoms with Gasteiger partial charge in [-0.25, -0.2) is 0 Å². The highest BCUT2D eigenvalue weighted by atomic mass is 16.5. The zero-order valence-electron chi connectivity index (χ0n) is 22.6. The van der Waals surface area contributed by atoms with Gasteiger partial charge in [0.25, 0.3) is 5.91 Å².